The number of rotatable bonds is 3. The number of nitrogens with zero attached hydrogens (tertiary/aromatic N) is 2. The highest BCUT2D eigenvalue weighted by Gasteiger charge is 2.07. The van der Waals surface area contributed by atoms with E-state index < -0.39 is 11.2 Å². The third-order valence-electron chi connectivity index (χ3n) is 2.00. The van der Waals surface area contributed by atoms with Crippen LogP contribution in [0.4, 0.5) is 0 Å². The third-order valence-corrected chi connectivity index (χ3v) is 2.00. The Morgan fingerprint density at radius 1 is 1.40 bits per heavy atom. The van der Waals surface area contributed by atoms with Gasteiger partial charge >= 0.3 is 5.69 Å². The van der Waals surface area contributed by atoms with Gasteiger partial charge in [-0.15, -0.1) is 0 Å². The largest absolute Gasteiger partial charge is 0.327 e. The Kier molecular flexibility index (Phi) is 2.20. The van der Waals surface area contributed by atoms with E-state index in [2.05, 4.69) is 15.0 Å². The first-order valence-electron chi connectivity index (χ1n) is 4.33. The van der Waals surface area contributed by atoms with Gasteiger partial charge in [-0.2, -0.15) is 0 Å². The van der Waals surface area contributed by atoms with Gasteiger partial charge in [0.05, 0.1) is 6.33 Å². The number of carbonyl (C=O) groups excluding carboxylic acids is 1. The number of carbonyl (C=O) groups is 1. The van der Waals surface area contributed by atoms with Crippen LogP contribution in [-0.4, -0.2) is 25.8 Å². The summed E-state index contributed by atoms with van der Waals surface area (Å²) in [6, 6.07) is 0. The molecule has 0 bridgehead atoms. The topological polar surface area (TPSA) is 101 Å². The Morgan fingerprint density at radius 2 is 2.20 bits per heavy atom. The Morgan fingerprint density at radius 3 is 2.93 bits per heavy atom. The molecule has 2 aromatic heterocycles. The van der Waals surface area contributed by atoms with Crippen LogP contribution in [0.3, 0.4) is 0 Å². The number of aromatic nitrogens is 4. The van der Waals surface area contributed by atoms with E-state index >= 15 is 0 Å². The summed E-state index contributed by atoms with van der Waals surface area (Å²) in [6.07, 6.45) is 2.47. The number of H-pyrrole nitrogens is 2. The van der Waals surface area contributed by atoms with E-state index in [1.54, 1.807) is 0 Å². The SMILES string of the molecule is O=CCCn1cnc2[nH]c(=O)[nH]c(=O)c21. The van der Waals surface area contributed by atoms with E-state index in [0.29, 0.717) is 13.0 Å². The molecule has 2 heterocycles. The lowest BCUT2D eigenvalue weighted by Crippen LogP contribution is -2.23. The Hall–Kier alpha value is -2.18. The molecule has 0 radical (unpaired) electrons. The highest BCUT2D eigenvalue weighted by molar-refractivity contribution is 5.68. The number of imidazole rings is 1. The summed E-state index contributed by atoms with van der Waals surface area (Å²) in [5.41, 5.74) is -0.587. The molecule has 0 amide bonds. The first kappa shape index (κ1) is 9.38. The second-order valence-corrected chi connectivity index (χ2v) is 3.00. The summed E-state index contributed by atoms with van der Waals surface area (Å²) in [7, 11) is 0. The Bertz CT molecular complexity index is 606. The van der Waals surface area contributed by atoms with Crippen LogP contribution in [0, 0.1) is 0 Å². The maximum Gasteiger partial charge on any atom is 0.327 e. The van der Waals surface area contributed by atoms with Crippen molar-refractivity contribution in [3.05, 3.63) is 27.2 Å². The van der Waals surface area contributed by atoms with Crippen LogP contribution >= 0.6 is 0 Å². The molecule has 0 saturated heterocycles. The molecule has 7 heteroatoms. The first-order valence-corrected chi connectivity index (χ1v) is 4.33. The van der Waals surface area contributed by atoms with Crippen LogP contribution in [0.15, 0.2) is 15.9 Å². The van der Waals surface area contributed by atoms with Crippen LogP contribution in [0.25, 0.3) is 11.2 Å². The minimum Gasteiger partial charge on any atom is -0.324 e. The van der Waals surface area contributed by atoms with E-state index in [9.17, 15) is 14.4 Å². The number of aldehydes is 1. The van der Waals surface area contributed by atoms with E-state index in [0.717, 1.165) is 6.29 Å². The smallest absolute Gasteiger partial charge is 0.324 e. The minimum absolute atomic E-state index is 0.231. The van der Waals surface area contributed by atoms with Crippen molar-refractivity contribution in [2.45, 2.75) is 13.0 Å². The van der Waals surface area contributed by atoms with Crippen LogP contribution in [-0.2, 0) is 11.3 Å². The molecule has 0 aromatic carbocycles. The predicted octanol–water partition coefficient (Wildman–Crippen LogP) is -0.998. The van der Waals surface area contributed by atoms with Crippen molar-refractivity contribution in [1.82, 2.24) is 19.5 Å². The van der Waals surface area contributed by atoms with E-state index in [-0.39, 0.29) is 11.2 Å². The average Bonchev–Trinajstić information content (AvgIpc) is 2.58. The van der Waals surface area contributed by atoms with Crippen molar-refractivity contribution >= 4 is 17.5 Å². The molecular weight excluding hydrogens is 200 g/mol. The number of aryl methyl sites for hydroxylation is 1. The molecule has 0 atom stereocenters. The molecule has 0 fully saturated rings. The molecule has 2 rings (SSSR count). The molecule has 78 valence electrons. The normalized spacial score (nSPS) is 10.7. The minimum atomic E-state index is -0.590. The van der Waals surface area contributed by atoms with E-state index in [4.69, 9.17) is 0 Å². The number of fused-ring (bicyclic) bond motifs is 1. The second kappa shape index (κ2) is 3.52. The number of aromatic amines is 2. The molecule has 0 spiro atoms. The lowest BCUT2D eigenvalue weighted by Gasteiger charge is -1.97. The van der Waals surface area contributed by atoms with Gasteiger partial charge in [-0.25, -0.2) is 9.78 Å². The monoisotopic (exact) mass is 208 g/mol. The molecule has 0 aliphatic rings. The van der Waals surface area contributed by atoms with Crippen molar-refractivity contribution in [2.75, 3.05) is 0 Å². The summed E-state index contributed by atoms with van der Waals surface area (Å²) in [4.78, 5) is 40.9. The highest BCUT2D eigenvalue weighted by Crippen LogP contribution is 2.02. The molecule has 7 nitrogen and oxygen atoms in total. The fourth-order valence-electron chi connectivity index (χ4n) is 1.37. The van der Waals surface area contributed by atoms with Crippen molar-refractivity contribution in [3.8, 4) is 0 Å². The zero-order chi connectivity index (χ0) is 10.8. The zero-order valence-electron chi connectivity index (χ0n) is 7.69. The summed E-state index contributed by atoms with van der Waals surface area (Å²) in [5.74, 6) is 0. The van der Waals surface area contributed by atoms with Gasteiger partial charge in [0.25, 0.3) is 5.56 Å². The lowest BCUT2D eigenvalue weighted by atomic mass is 10.4. The van der Waals surface area contributed by atoms with Gasteiger partial charge in [-0.05, 0) is 0 Å². The number of hydrogen-bond acceptors (Lipinski definition) is 4. The first-order chi connectivity index (χ1) is 7.22. The van der Waals surface area contributed by atoms with Gasteiger partial charge in [0.2, 0.25) is 0 Å². The van der Waals surface area contributed by atoms with E-state index in [1.165, 1.54) is 10.9 Å². The van der Waals surface area contributed by atoms with Gasteiger partial charge in [0.1, 0.15) is 6.29 Å². The average molecular weight is 208 g/mol. The predicted molar refractivity (Wildman–Crippen MR) is 51.7 cm³/mol. The van der Waals surface area contributed by atoms with Crippen molar-refractivity contribution in [3.63, 3.8) is 0 Å². The Balaban J connectivity index is 2.64. The van der Waals surface area contributed by atoms with Gasteiger partial charge < -0.3 is 9.36 Å². The standard InChI is InChI=1S/C8H8N4O3/c13-3-1-2-12-4-9-6-5(12)7(14)11-8(15)10-6/h3-4H,1-2H2,(H2,10,11,14,15). The van der Waals surface area contributed by atoms with Crippen LogP contribution < -0.4 is 11.2 Å². The zero-order valence-corrected chi connectivity index (χ0v) is 7.69. The fourth-order valence-corrected chi connectivity index (χ4v) is 1.37. The van der Waals surface area contributed by atoms with Crippen LogP contribution in [0.1, 0.15) is 6.42 Å². The molecule has 0 unspecified atom stereocenters. The number of nitrogens with one attached hydrogen (secondary N) is 2. The van der Waals surface area contributed by atoms with Gasteiger partial charge in [-0.3, -0.25) is 14.8 Å². The molecule has 2 N–H and O–H groups in total. The number of hydrogen-bond donors (Lipinski definition) is 2. The molecule has 0 aliphatic carbocycles. The summed E-state index contributed by atoms with van der Waals surface area (Å²) in [6.45, 7) is 0.370. The van der Waals surface area contributed by atoms with Crippen molar-refractivity contribution in [1.29, 1.82) is 0 Å². The molecule has 0 aliphatic heterocycles. The summed E-state index contributed by atoms with van der Waals surface area (Å²) in [5, 5.41) is 0. The van der Waals surface area contributed by atoms with E-state index in [1.807, 2.05) is 0 Å². The van der Waals surface area contributed by atoms with Gasteiger partial charge in [0, 0.05) is 13.0 Å². The highest BCUT2D eigenvalue weighted by atomic mass is 16.2. The maximum atomic E-state index is 11.4. The quantitative estimate of drug-likeness (QED) is 0.632. The summed E-state index contributed by atoms with van der Waals surface area (Å²) >= 11 is 0. The molecule has 0 saturated carbocycles. The van der Waals surface area contributed by atoms with Crippen LogP contribution in [0.5, 0.6) is 0 Å². The van der Waals surface area contributed by atoms with Crippen LogP contribution in [0.2, 0.25) is 0 Å². The van der Waals surface area contributed by atoms with Crippen molar-refractivity contribution < 1.29 is 4.79 Å². The van der Waals surface area contributed by atoms with Crippen molar-refractivity contribution in [2.24, 2.45) is 0 Å². The second-order valence-electron chi connectivity index (χ2n) is 3.00. The molecule has 15 heavy (non-hydrogen) atoms. The Labute approximate surface area is 82.8 Å². The summed E-state index contributed by atoms with van der Waals surface area (Å²) < 4.78 is 1.53. The van der Waals surface area contributed by atoms with Gasteiger partial charge in [-0.1, -0.05) is 0 Å². The fraction of sp³-hybridized carbons (Fsp3) is 0.250. The molecule has 2 aromatic rings. The third kappa shape index (κ3) is 1.58. The lowest BCUT2D eigenvalue weighted by molar-refractivity contribution is -0.108. The maximum absolute atomic E-state index is 11.4. The van der Waals surface area contributed by atoms with Gasteiger partial charge in [0.15, 0.2) is 11.2 Å². The molecular formula is C8H8N4O3.